The Bertz CT molecular complexity index is 1070. The molecule has 0 radical (unpaired) electrons. The minimum absolute atomic E-state index is 0.161. The number of halogens is 1. The second-order valence-corrected chi connectivity index (χ2v) is 6.86. The second-order valence-electron chi connectivity index (χ2n) is 6.86. The first-order valence-corrected chi connectivity index (χ1v) is 9.50. The average Bonchev–Trinajstić information content (AvgIpc) is 3.27. The molecule has 1 aliphatic rings. The lowest BCUT2D eigenvalue weighted by molar-refractivity contribution is -0.0239. The molecule has 1 fully saturated rings. The smallest absolute Gasteiger partial charge is 0.289 e. The molecule has 0 N–H and O–H groups in total. The molecule has 1 aliphatic heterocycles. The molecule has 0 bridgehead atoms. The number of ether oxygens (including phenoxy) is 2. The third kappa shape index (κ3) is 4.50. The summed E-state index contributed by atoms with van der Waals surface area (Å²) >= 11 is 0. The molecule has 7 heteroatoms. The lowest BCUT2D eigenvalue weighted by Crippen LogP contribution is -2.42. The van der Waals surface area contributed by atoms with Crippen LogP contribution in [0.1, 0.15) is 33.5 Å². The standard InChI is InChI=1S/C23H19FN2O4/c24-18-3-1-2-17(12-18)22-14-26(10-11-28-22)23(27)21-9-8-20(30-21)15-29-19-6-4-16(13-25)5-7-19/h1-9,12,22H,10-11,14-15H2. The van der Waals surface area contributed by atoms with Crippen LogP contribution < -0.4 is 4.74 Å². The largest absolute Gasteiger partial charge is 0.486 e. The van der Waals surface area contributed by atoms with Crippen LogP contribution in [-0.4, -0.2) is 30.5 Å². The van der Waals surface area contributed by atoms with Crippen molar-refractivity contribution in [3.63, 3.8) is 0 Å². The normalized spacial score (nSPS) is 16.1. The van der Waals surface area contributed by atoms with Crippen LogP contribution in [0.5, 0.6) is 5.75 Å². The van der Waals surface area contributed by atoms with E-state index in [4.69, 9.17) is 19.2 Å². The van der Waals surface area contributed by atoms with Crippen LogP contribution in [0, 0.1) is 17.1 Å². The van der Waals surface area contributed by atoms with E-state index in [-0.39, 0.29) is 30.2 Å². The number of rotatable bonds is 5. The van der Waals surface area contributed by atoms with E-state index in [1.54, 1.807) is 53.4 Å². The van der Waals surface area contributed by atoms with Crippen LogP contribution in [0.25, 0.3) is 0 Å². The van der Waals surface area contributed by atoms with Gasteiger partial charge in [0.2, 0.25) is 0 Å². The Morgan fingerprint density at radius 1 is 1.20 bits per heavy atom. The molecule has 2 aromatic carbocycles. The number of carbonyl (C=O) groups excluding carboxylic acids is 1. The number of carbonyl (C=O) groups is 1. The zero-order chi connectivity index (χ0) is 20.9. The van der Waals surface area contributed by atoms with E-state index in [1.165, 1.54) is 12.1 Å². The van der Waals surface area contributed by atoms with E-state index in [9.17, 15) is 9.18 Å². The van der Waals surface area contributed by atoms with Crippen molar-refractivity contribution in [2.75, 3.05) is 19.7 Å². The van der Waals surface area contributed by atoms with Crippen LogP contribution in [0.4, 0.5) is 4.39 Å². The van der Waals surface area contributed by atoms with Gasteiger partial charge in [-0.15, -0.1) is 0 Å². The Kier molecular flexibility index (Phi) is 5.77. The monoisotopic (exact) mass is 406 g/mol. The fourth-order valence-electron chi connectivity index (χ4n) is 3.25. The van der Waals surface area contributed by atoms with Crippen molar-refractivity contribution in [1.29, 1.82) is 5.26 Å². The van der Waals surface area contributed by atoms with E-state index >= 15 is 0 Å². The van der Waals surface area contributed by atoms with Crippen LogP contribution in [0.3, 0.4) is 0 Å². The first kappa shape index (κ1) is 19.7. The molecule has 2 heterocycles. The molecule has 1 amide bonds. The first-order valence-electron chi connectivity index (χ1n) is 9.50. The van der Waals surface area contributed by atoms with Crippen molar-refractivity contribution in [1.82, 2.24) is 4.90 Å². The number of amides is 1. The van der Waals surface area contributed by atoms with Gasteiger partial charge in [0.25, 0.3) is 5.91 Å². The quantitative estimate of drug-likeness (QED) is 0.638. The third-order valence-electron chi connectivity index (χ3n) is 4.81. The summed E-state index contributed by atoms with van der Waals surface area (Å²) in [6.07, 6.45) is -0.382. The molecule has 152 valence electrons. The van der Waals surface area contributed by atoms with Crippen molar-refractivity contribution >= 4 is 5.91 Å². The maximum Gasteiger partial charge on any atom is 0.289 e. The SMILES string of the molecule is N#Cc1ccc(OCc2ccc(C(=O)N3CCOC(c4cccc(F)c4)C3)o2)cc1. The highest BCUT2D eigenvalue weighted by Gasteiger charge is 2.28. The van der Waals surface area contributed by atoms with Crippen molar-refractivity contribution in [3.8, 4) is 11.8 Å². The van der Waals surface area contributed by atoms with Crippen molar-refractivity contribution in [2.24, 2.45) is 0 Å². The molecule has 1 atom stereocenters. The zero-order valence-corrected chi connectivity index (χ0v) is 16.1. The van der Waals surface area contributed by atoms with Crippen LogP contribution in [0.15, 0.2) is 65.1 Å². The van der Waals surface area contributed by atoms with E-state index in [0.29, 0.717) is 42.3 Å². The summed E-state index contributed by atoms with van der Waals surface area (Å²) in [4.78, 5) is 14.5. The summed E-state index contributed by atoms with van der Waals surface area (Å²) in [6, 6.07) is 18.3. The summed E-state index contributed by atoms with van der Waals surface area (Å²) in [5.74, 6) is 0.747. The number of furan rings is 1. The minimum atomic E-state index is -0.382. The van der Waals surface area contributed by atoms with Crippen molar-refractivity contribution in [2.45, 2.75) is 12.7 Å². The number of hydrogen-bond donors (Lipinski definition) is 0. The summed E-state index contributed by atoms with van der Waals surface area (Å²) < 4.78 is 30.5. The predicted molar refractivity (Wildman–Crippen MR) is 105 cm³/mol. The van der Waals surface area contributed by atoms with Gasteiger partial charge in [-0.25, -0.2) is 4.39 Å². The Hall–Kier alpha value is -3.63. The highest BCUT2D eigenvalue weighted by atomic mass is 19.1. The second kappa shape index (κ2) is 8.80. The van der Waals surface area contributed by atoms with Crippen molar-refractivity contribution < 1.29 is 23.1 Å². The van der Waals surface area contributed by atoms with Gasteiger partial charge < -0.3 is 18.8 Å². The molecular weight excluding hydrogens is 387 g/mol. The van der Waals surface area contributed by atoms with E-state index < -0.39 is 0 Å². The van der Waals surface area contributed by atoms with Crippen LogP contribution >= 0.6 is 0 Å². The van der Waals surface area contributed by atoms with Crippen LogP contribution in [0.2, 0.25) is 0 Å². The summed E-state index contributed by atoms with van der Waals surface area (Å²) in [5, 5.41) is 8.83. The summed E-state index contributed by atoms with van der Waals surface area (Å²) in [6.45, 7) is 1.28. The summed E-state index contributed by atoms with van der Waals surface area (Å²) in [7, 11) is 0. The molecule has 30 heavy (non-hydrogen) atoms. The van der Waals surface area contributed by atoms with Gasteiger partial charge in [-0.05, 0) is 54.1 Å². The highest BCUT2D eigenvalue weighted by molar-refractivity contribution is 5.91. The molecule has 6 nitrogen and oxygen atoms in total. The first-order chi connectivity index (χ1) is 14.6. The van der Waals surface area contributed by atoms with Gasteiger partial charge >= 0.3 is 0 Å². The molecule has 1 unspecified atom stereocenters. The molecule has 1 aromatic heterocycles. The number of nitriles is 1. The van der Waals surface area contributed by atoms with Gasteiger partial charge in [0.15, 0.2) is 5.76 Å². The molecule has 1 saturated heterocycles. The van der Waals surface area contributed by atoms with Gasteiger partial charge in [-0.1, -0.05) is 12.1 Å². The van der Waals surface area contributed by atoms with E-state index in [2.05, 4.69) is 0 Å². The predicted octanol–water partition coefficient (Wildman–Crippen LogP) is 4.08. The Morgan fingerprint density at radius 2 is 2.03 bits per heavy atom. The average molecular weight is 406 g/mol. The fourth-order valence-corrected chi connectivity index (χ4v) is 3.25. The minimum Gasteiger partial charge on any atom is -0.486 e. The highest BCUT2D eigenvalue weighted by Crippen LogP contribution is 2.24. The Balaban J connectivity index is 1.37. The molecule has 0 aliphatic carbocycles. The summed E-state index contributed by atoms with van der Waals surface area (Å²) in [5.41, 5.74) is 1.25. The van der Waals surface area contributed by atoms with Gasteiger partial charge in [-0.2, -0.15) is 5.26 Å². The molecule has 3 aromatic rings. The number of hydrogen-bond acceptors (Lipinski definition) is 5. The molecule has 0 spiro atoms. The maximum absolute atomic E-state index is 13.5. The van der Waals surface area contributed by atoms with Gasteiger partial charge in [0, 0.05) is 6.54 Å². The van der Waals surface area contributed by atoms with Gasteiger partial charge in [0.05, 0.1) is 24.8 Å². The maximum atomic E-state index is 13.5. The molecular formula is C23H19FN2O4. The molecule has 4 rings (SSSR count). The Labute approximate surface area is 173 Å². The zero-order valence-electron chi connectivity index (χ0n) is 16.1. The lowest BCUT2D eigenvalue weighted by Gasteiger charge is -2.32. The van der Waals surface area contributed by atoms with Gasteiger partial charge in [0.1, 0.15) is 30.0 Å². The topological polar surface area (TPSA) is 75.7 Å². The van der Waals surface area contributed by atoms with Crippen LogP contribution in [-0.2, 0) is 11.3 Å². The Morgan fingerprint density at radius 3 is 2.80 bits per heavy atom. The lowest BCUT2D eigenvalue weighted by atomic mass is 10.1. The number of benzene rings is 2. The van der Waals surface area contributed by atoms with Crippen molar-refractivity contribution in [3.05, 3.63) is 89.1 Å². The number of morpholine rings is 1. The van der Waals surface area contributed by atoms with Gasteiger partial charge in [-0.3, -0.25) is 4.79 Å². The van der Waals surface area contributed by atoms with E-state index in [1.807, 2.05) is 6.07 Å². The number of nitrogens with zero attached hydrogens (tertiary/aromatic N) is 2. The fraction of sp³-hybridized carbons (Fsp3) is 0.217. The molecule has 0 saturated carbocycles. The third-order valence-corrected chi connectivity index (χ3v) is 4.81. The van der Waals surface area contributed by atoms with E-state index in [0.717, 1.165) is 0 Å².